The first kappa shape index (κ1) is 13.8. The molecule has 2 nitrogen and oxygen atoms in total. The summed E-state index contributed by atoms with van der Waals surface area (Å²) in [5.41, 5.74) is 0.673. The van der Waals surface area contributed by atoms with Gasteiger partial charge in [-0.25, -0.2) is 0 Å². The van der Waals surface area contributed by atoms with E-state index in [-0.39, 0.29) is 12.4 Å². The Morgan fingerprint density at radius 3 is 2.29 bits per heavy atom. The lowest BCUT2D eigenvalue weighted by atomic mass is 10.3. The van der Waals surface area contributed by atoms with Gasteiger partial charge in [-0.3, -0.25) is 0 Å². The number of rotatable bonds is 3. The molecule has 80 valence electrons. The molecule has 1 aromatic carbocycles. The van der Waals surface area contributed by atoms with Crippen molar-refractivity contribution in [1.82, 2.24) is 0 Å². The Morgan fingerprint density at radius 2 is 1.86 bits per heavy atom. The smallest absolute Gasteiger partial charge is 0.0719 e. The molecule has 0 radical (unpaired) electrons. The van der Waals surface area contributed by atoms with Crippen molar-refractivity contribution in [1.29, 1.82) is 0 Å². The molecule has 0 aliphatic heterocycles. The van der Waals surface area contributed by atoms with Gasteiger partial charge in [0.15, 0.2) is 0 Å². The first-order chi connectivity index (χ1) is 6.11. The fourth-order valence-corrected chi connectivity index (χ4v) is 1.45. The predicted octanol–water partition coefficient (Wildman–Crippen LogP) is 3.21. The van der Waals surface area contributed by atoms with Crippen molar-refractivity contribution in [3.8, 4) is 0 Å². The molecule has 0 fully saturated rings. The summed E-state index contributed by atoms with van der Waals surface area (Å²) < 4.78 is 0. The Balaban J connectivity index is 0.00000169. The number of nitrogens with one attached hydrogen (secondary N) is 1. The molecule has 0 amide bonds. The van der Waals surface area contributed by atoms with Gasteiger partial charge in [0, 0.05) is 6.54 Å². The maximum atomic E-state index is 9.05. The van der Waals surface area contributed by atoms with Gasteiger partial charge in [-0.2, -0.15) is 0 Å². The average Bonchev–Trinajstić information content (AvgIpc) is 2.03. The minimum atomic E-state index is -0.424. The molecule has 0 spiro atoms. The Bertz CT molecular complexity index is 271. The third-order valence-corrected chi connectivity index (χ3v) is 2.17. The third-order valence-electron chi connectivity index (χ3n) is 1.54. The van der Waals surface area contributed by atoms with Crippen molar-refractivity contribution in [3.63, 3.8) is 0 Å². The quantitative estimate of drug-likeness (QED) is 0.870. The van der Waals surface area contributed by atoms with E-state index in [1.807, 2.05) is 0 Å². The van der Waals surface area contributed by atoms with Gasteiger partial charge >= 0.3 is 0 Å². The lowest BCUT2D eigenvalue weighted by molar-refractivity contribution is 0.208. The van der Waals surface area contributed by atoms with Crippen molar-refractivity contribution < 1.29 is 5.11 Å². The molecule has 0 saturated carbocycles. The molecule has 5 heteroatoms. The van der Waals surface area contributed by atoms with Crippen LogP contribution >= 0.6 is 35.6 Å². The number of hydrogen-bond acceptors (Lipinski definition) is 2. The van der Waals surface area contributed by atoms with Crippen molar-refractivity contribution in [3.05, 3.63) is 28.2 Å². The maximum absolute atomic E-state index is 9.05. The SMILES string of the molecule is CC(O)CNc1c(Cl)cccc1Cl.Cl. The fraction of sp³-hybridized carbons (Fsp3) is 0.333. The molecule has 14 heavy (non-hydrogen) atoms. The molecular weight excluding hydrogens is 244 g/mol. The topological polar surface area (TPSA) is 32.3 Å². The Kier molecular flexibility index (Phi) is 6.29. The largest absolute Gasteiger partial charge is 0.392 e. The van der Waals surface area contributed by atoms with E-state index in [1.165, 1.54) is 0 Å². The highest BCUT2D eigenvalue weighted by Gasteiger charge is 2.04. The molecule has 1 rings (SSSR count). The van der Waals surface area contributed by atoms with E-state index >= 15 is 0 Å². The van der Waals surface area contributed by atoms with Crippen LogP contribution in [-0.2, 0) is 0 Å². The number of anilines is 1. The highest BCUT2D eigenvalue weighted by molar-refractivity contribution is 6.39. The second-order valence-corrected chi connectivity index (χ2v) is 3.64. The molecule has 0 saturated heterocycles. The van der Waals surface area contributed by atoms with Crippen molar-refractivity contribution in [2.24, 2.45) is 0 Å². The minimum Gasteiger partial charge on any atom is -0.392 e. The molecule has 0 aromatic heterocycles. The molecule has 1 aromatic rings. The lowest BCUT2D eigenvalue weighted by Crippen LogP contribution is -2.15. The monoisotopic (exact) mass is 255 g/mol. The highest BCUT2D eigenvalue weighted by atomic mass is 35.5. The maximum Gasteiger partial charge on any atom is 0.0719 e. The van der Waals surface area contributed by atoms with E-state index in [0.717, 1.165) is 0 Å². The van der Waals surface area contributed by atoms with Crippen LogP contribution in [-0.4, -0.2) is 17.8 Å². The van der Waals surface area contributed by atoms with Crippen LogP contribution in [0.5, 0.6) is 0 Å². The standard InChI is InChI=1S/C9H11Cl2NO.ClH/c1-6(13)5-12-9-7(10)3-2-4-8(9)11;/h2-4,6,12-13H,5H2,1H3;1H. The summed E-state index contributed by atoms with van der Waals surface area (Å²) in [6.45, 7) is 2.13. The molecular formula is C9H12Cl3NO. The zero-order valence-electron chi connectivity index (χ0n) is 7.63. The molecule has 0 heterocycles. The van der Waals surface area contributed by atoms with E-state index in [2.05, 4.69) is 5.32 Å². The van der Waals surface area contributed by atoms with Gasteiger partial charge in [0.1, 0.15) is 0 Å². The molecule has 0 bridgehead atoms. The predicted molar refractivity (Wildman–Crippen MR) is 63.9 cm³/mol. The Morgan fingerprint density at radius 1 is 1.36 bits per heavy atom. The second kappa shape index (κ2) is 6.36. The average molecular weight is 257 g/mol. The summed E-state index contributed by atoms with van der Waals surface area (Å²) in [5, 5.41) is 13.1. The lowest BCUT2D eigenvalue weighted by Gasteiger charge is -2.11. The summed E-state index contributed by atoms with van der Waals surface area (Å²) in [5.74, 6) is 0. The summed E-state index contributed by atoms with van der Waals surface area (Å²) in [7, 11) is 0. The number of aliphatic hydroxyl groups is 1. The van der Waals surface area contributed by atoms with Gasteiger partial charge < -0.3 is 10.4 Å². The van der Waals surface area contributed by atoms with Gasteiger partial charge in [-0.15, -0.1) is 12.4 Å². The minimum absolute atomic E-state index is 0. The van der Waals surface area contributed by atoms with Crippen LogP contribution in [0.4, 0.5) is 5.69 Å². The zero-order valence-corrected chi connectivity index (χ0v) is 9.96. The molecule has 1 unspecified atom stereocenters. The third kappa shape index (κ3) is 3.93. The van der Waals surface area contributed by atoms with Gasteiger partial charge in [-0.05, 0) is 19.1 Å². The highest BCUT2D eigenvalue weighted by Crippen LogP contribution is 2.29. The molecule has 2 N–H and O–H groups in total. The number of benzene rings is 1. The van der Waals surface area contributed by atoms with Crippen LogP contribution in [0, 0.1) is 0 Å². The Hall–Kier alpha value is -0.150. The number of para-hydroxylation sites is 1. The van der Waals surface area contributed by atoms with Crippen LogP contribution in [0.15, 0.2) is 18.2 Å². The van der Waals surface area contributed by atoms with E-state index in [9.17, 15) is 0 Å². The summed E-state index contributed by atoms with van der Waals surface area (Å²) in [6.07, 6.45) is -0.424. The first-order valence-corrected chi connectivity index (χ1v) is 4.73. The van der Waals surface area contributed by atoms with Gasteiger partial charge in [-0.1, -0.05) is 29.3 Å². The molecule has 0 aliphatic carbocycles. The molecule has 1 atom stereocenters. The van der Waals surface area contributed by atoms with Crippen LogP contribution in [0.25, 0.3) is 0 Å². The van der Waals surface area contributed by atoms with Gasteiger partial charge in [0.25, 0.3) is 0 Å². The summed E-state index contributed by atoms with van der Waals surface area (Å²) >= 11 is 11.8. The zero-order chi connectivity index (χ0) is 9.84. The molecule has 0 aliphatic rings. The van der Waals surface area contributed by atoms with E-state index < -0.39 is 6.10 Å². The van der Waals surface area contributed by atoms with Crippen LogP contribution in [0.3, 0.4) is 0 Å². The number of halogens is 3. The van der Waals surface area contributed by atoms with Crippen LogP contribution < -0.4 is 5.32 Å². The van der Waals surface area contributed by atoms with Crippen LogP contribution in [0.1, 0.15) is 6.92 Å². The van der Waals surface area contributed by atoms with E-state index in [4.69, 9.17) is 28.3 Å². The van der Waals surface area contributed by atoms with E-state index in [1.54, 1.807) is 25.1 Å². The van der Waals surface area contributed by atoms with Crippen molar-refractivity contribution in [2.75, 3.05) is 11.9 Å². The first-order valence-electron chi connectivity index (χ1n) is 3.97. The van der Waals surface area contributed by atoms with E-state index in [0.29, 0.717) is 22.3 Å². The van der Waals surface area contributed by atoms with Gasteiger partial charge in [0.05, 0.1) is 21.8 Å². The van der Waals surface area contributed by atoms with Crippen LogP contribution in [0.2, 0.25) is 10.0 Å². The van der Waals surface area contributed by atoms with Crippen molar-refractivity contribution >= 4 is 41.3 Å². The second-order valence-electron chi connectivity index (χ2n) is 2.83. The number of hydrogen-bond donors (Lipinski definition) is 2. The fourth-order valence-electron chi connectivity index (χ4n) is 0.916. The Labute approximate surface area is 99.6 Å². The number of aliphatic hydroxyl groups excluding tert-OH is 1. The summed E-state index contributed by atoms with van der Waals surface area (Å²) in [4.78, 5) is 0. The van der Waals surface area contributed by atoms with Crippen molar-refractivity contribution in [2.45, 2.75) is 13.0 Å². The van der Waals surface area contributed by atoms with Gasteiger partial charge in [0.2, 0.25) is 0 Å². The summed E-state index contributed by atoms with van der Waals surface area (Å²) in [6, 6.07) is 5.27. The normalized spacial score (nSPS) is 11.7.